The SMILES string of the molecule is O=C(CSc1ccc2c(c1)OCCCO2)NNC(=O)c1cccc([N+](=O)[O-])c1. The van der Waals surface area contributed by atoms with Gasteiger partial charge in [-0.2, -0.15) is 0 Å². The minimum absolute atomic E-state index is 0.0643. The maximum absolute atomic E-state index is 12.0. The van der Waals surface area contributed by atoms with E-state index in [0.29, 0.717) is 24.7 Å². The highest BCUT2D eigenvalue weighted by atomic mass is 32.2. The van der Waals surface area contributed by atoms with Gasteiger partial charge in [0.1, 0.15) is 0 Å². The van der Waals surface area contributed by atoms with Crippen LogP contribution in [0.25, 0.3) is 0 Å². The third-order valence-corrected chi connectivity index (χ3v) is 4.72. The van der Waals surface area contributed by atoms with Gasteiger partial charge in [0.2, 0.25) is 5.91 Å². The summed E-state index contributed by atoms with van der Waals surface area (Å²) in [6.07, 6.45) is 0.809. The predicted molar refractivity (Wildman–Crippen MR) is 101 cm³/mol. The number of hydrogen-bond acceptors (Lipinski definition) is 7. The van der Waals surface area contributed by atoms with Crippen molar-refractivity contribution in [3.8, 4) is 11.5 Å². The van der Waals surface area contributed by atoms with Crippen molar-refractivity contribution in [1.29, 1.82) is 0 Å². The molecule has 0 atom stereocenters. The van der Waals surface area contributed by atoms with Crippen LogP contribution in [0.5, 0.6) is 11.5 Å². The van der Waals surface area contributed by atoms with E-state index in [-0.39, 0.29) is 17.0 Å². The quantitative estimate of drug-likeness (QED) is 0.446. The average molecular weight is 403 g/mol. The molecule has 146 valence electrons. The van der Waals surface area contributed by atoms with Crippen LogP contribution in [-0.2, 0) is 4.79 Å². The second kappa shape index (κ2) is 9.09. The van der Waals surface area contributed by atoms with Gasteiger partial charge in [0.15, 0.2) is 11.5 Å². The molecule has 0 spiro atoms. The maximum atomic E-state index is 12.0. The van der Waals surface area contributed by atoms with Crippen molar-refractivity contribution in [3.63, 3.8) is 0 Å². The predicted octanol–water partition coefficient (Wildman–Crippen LogP) is 2.31. The zero-order valence-corrected chi connectivity index (χ0v) is 15.5. The molecule has 0 saturated carbocycles. The van der Waals surface area contributed by atoms with Crippen LogP contribution >= 0.6 is 11.8 Å². The Morgan fingerprint density at radius 3 is 2.64 bits per heavy atom. The standard InChI is InChI=1S/C18H17N3O6S/c22-17(19-20-18(23)12-3-1-4-13(9-12)21(24)25)11-28-14-5-6-15-16(10-14)27-8-2-7-26-15/h1,3-6,9-10H,2,7-8,11H2,(H,19,22)(H,20,23). The van der Waals surface area contributed by atoms with Gasteiger partial charge in [-0.05, 0) is 24.3 Å². The number of non-ortho nitro benzene ring substituents is 1. The number of carbonyl (C=O) groups excluding carboxylic acids is 2. The van der Waals surface area contributed by atoms with Crippen molar-refractivity contribution in [3.05, 3.63) is 58.1 Å². The number of ether oxygens (including phenoxy) is 2. The Bertz CT molecular complexity index is 905. The van der Waals surface area contributed by atoms with Crippen molar-refractivity contribution in [2.45, 2.75) is 11.3 Å². The molecule has 2 aromatic rings. The second-order valence-corrected chi connectivity index (χ2v) is 6.81. The topological polar surface area (TPSA) is 120 Å². The molecule has 0 radical (unpaired) electrons. The first kappa shape index (κ1) is 19.5. The Morgan fingerprint density at radius 2 is 1.86 bits per heavy atom. The van der Waals surface area contributed by atoms with Crippen LogP contribution in [0.2, 0.25) is 0 Å². The number of carbonyl (C=O) groups is 2. The van der Waals surface area contributed by atoms with Gasteiger partial charge in [-0.1, -0.05) is 6.07 Å². The normalized spacial score (nSPS) is 12.6. The van der Waals surface area contributed by atoms with Crippen molar-refractivity contribution >= 4 is 29.3 Å². The molecule has 9 nitrogen and oxygen atoms in total. The molecule has 10 heteroatoms. The van der Waals surface area contributed by atoms with Gasteiger partial charge >= 0.3 is 0 Å². The van der Waals surface area contributed by atoms with Crippen LogP contribution in [0.3, 0.4) is 0 Å². The van der Waals surface area contributed by atoms with Crippen LogP contribution in [-0.4, -0.2) is 35.7 Å². The maximum Gasteiger partial charge on any atom is 0.270 e. The van der Waals surface area contributed by atoms with E-state index in [9.17, 15) is 19.7 Å². The van der Waals surface area contributed by atoms with E-state index in [1.807, 2.05) is 6.07 Å². The van der Waals surface area contributed by atoms with Crippen molar-refractivity contribution in [1.82, 2.24) is 10.9 Å². The van der Waals surface area contributed by atoms with E-state index >= 15 is 0 Å². The molecule has 0 saturated heterocycles. The smallest absolute Gasteiger partial charge is 0.270 e. The number of nitro benzene ring substituents is 1. The summed E-state index contributed by atoms with van der Waals surface area (Å²) in [5.41, 5.74) is 4.40. The highest BCUT2D eigenvalue weighted by Gasteiger charge is 2.14. The molecular formula is C18H17N3O6S. The third-order valence-electron chi connectivity index (χ3n) is 3.72. The largest absolute Gasteiger partial charge is 0.490 e. The van der Waals surface area contributed by atoms with E-state index in [4.69, 9.17) is 9.47 Å². The molecule has 2 amide bonds. The molecular weight excluding hydrogens is 386 g/mol. The van der Waals surface area contributed by atoms with Crippen LogP contribution < -0.4 is 20.3 Å². The van der Waals surface area contributed by atoms with Gasteiger partial charge in [-0.25, -0.2) is 0 Å². The number of nitro groups is 1. The number of hydrogen-bond donors (Lipinski definition) is 2. The van der Waals surface area contributed by atoms with Crippen LogP contribution in [0.4, 0.5) is 5.69 Å². The number of rotatable bonds is 5. The lowest BCUT2D eigenvalue weighted by atomic mass is 10.2. The third kappa shape index (κ3) is 5.13. The molecule has 0 bridgehead atoms. The Labute approximate surface area is 164 Å². The molecule has 0 aromatic heterocycles. The summed E-state index contributed by atoms with van der Waals surface area (Å²) in [6, 6.07) is 10.7. The zero-order valence-electron chi connectivity index (χ0n) is 14.7. The first-order chi connectivity index (χ1) is 13.5. The number of thioether (sulfide) groups is 1. The lowest BCUT2D eigenvalue weighted by Gasteiger charge is -2.10. The average Bonchev–Trinajstić information content (AvgIpc) is 2.95. The summed E-state index contributed by atoms with van der Waals surface area (Å²) < 4.78 is 11.2. The van der Waals surface area contributed by atoms with E-state index in [1.165, 1.54) is 30.0 Å². The highest BCUT2D eigenvalue weighted by molar-refractivity contribution is 8.00. The molecule has 2 aromatic carbocycles. The summed E-state index contributed by atoms with van der Waals surface area (Å²) in [6.45, 7) is 1.18. The molecule has 0 fully saturated rings. The van der Waals surface area contributed by atoms with E-state index < -0.39 is 16.7 Å². The number of amides is 2. The van der Waals surface area contributed by atoms with Crippen LogP contribution in [0.15, 0.2) is 47.4 Å². The van der Waals surface area contributed by atoms with Gasteiger partial charge in [0.25, 0.3) is 11.6 Å². The number of nitrogens with zero attached hydrogens (tertiary/aromatic N) is 1. The zero-order chi connectivity index (χ0) is 19.9. The van der Waals surface area contributed by atoms with Gasteiger partial charge in [-0.3, -0.25) is 30.6 Å². The van der Waals surface area contributed by atoms with Gasteiger partial charge in [0.05, 0.1) is 23.9 Å². The molecule has 1 heterocycles. The molecule has 3 rings (SSSR count). The Hall–Kier alpha value is -3.27. The first-order valence-corrected chi connectivity index (χ1v) is 9.37. The lowest BCUT2D eigenvalue weighted by Crippen LogP contribution is -2.42. The molecule has 2 N–H and O–H groups in total. The molecule has 1 aliphatic heterocycles. The molecule has 0 aliphatic carbocycles. The monoisotopic (exact) mass is 403 g/mol. The number of fused-ring (bicyclic) bond motifs is 1. The minimum atomic E-state index is -0.641. The van der Waals surface area contributed by atoms with Crippen molar-refractivity contribution in [2.24, 2.45) is 0 Å². The summed E-state index contributed by atoms with van der Waals surface area (Å²) in [7, 11) is 0. The summed E-state index contributed by atoms with van der Waals surface area (Å²) in [5, 5.41) is 10.8. The molecule has 28 heavy (non-hydrogen) atoms. The number of hydrazine groups is 1. The first-order valence-electron chi connectivity index (χ1n) is 8.39. The summed E-state index contributed by atoms with van der Waals surface area (Å²) >= 11 is 1.27. The van der Waals surface area contributed by atoms with E-state index in [1.54, 1.807) is 12.1 Å². The lowest BCUT2D eigenvalue weighted by molar-refractivity contribution is -0.384. The fourth-order valence-corrected chi connectivity index (χ4v) is 3.10. The van der Waals surface area contributed by atoms with Crippen molar-refractivity contribution < 1.29 is 24.0 Å². The fraction of sp³-hybridized carbons (Fsp3) is 0.222. The Kier molecular flexibility index (Phi) is 6.33. The second-order valence-electron chi connectivity index (χ2n) is 5.76. The van der Waals surface area contributed by atoms with E-state index in [0.717, 1.165) is 17.4 Å². The van der Waals surface area contributed by atoms with Gasteiger partial charge in [0, 0.05) is 29.0 Å². The fourth-order valence-electron chi connectivity index (χ4n) is 2.38. The Balaban J connectivity index is 1.49. The summed E-state index contributed by atoms with van der Waals surface area (Å²) in [4.78, 5) is 34.9. The Morgan fingerprint density at radius 1 is 1.07 bits per heavy atom. The molecule has 0 unspecified atom stereocenters. The molecule has 1 aliphatic rings. The minimum Gasteiger partial charge on any atom is -0.490 e. The number of nitrogens with one attached hydrogen (secondary N) is 2. The van der Waals surface area contributed by atoms with Gasteiger partial charge in [-0.15, -0.1) is 11.8 Å². The highest BCUT2D eigenvalue weighted by Crippen LogP contribution is 2.33. The van der Waals surface area contributed by atoms with E-state index in [2.05, 4.69) is 10.9 Å². The number of benzene rings is 2. The van der Waals surface area contributed by atoms with Crippen LogP contribution in [0, 0.1) is 10.1 Å². The van der Waals surface area contributed by atoms with Crippen molar-refractivity contribution in [2.75, 3.05) is 19.0 Å². The van der Waals surface area contributed by atoms with Crippen LogP contribution in [0.1, 0.15) is 16.8 Å². The van der Waals surface area contributed by atoms with Gasteiger partial charge < -0.3 is 9.47 Å². The summed E-state index contributed by atoms with van der Waals surface area (Å²) in [5.74, 6) is 0.320.